The Labute approximate surface area is 120 Å². The van der Waals surface area contributed by atoms with Gasteiger partial charge in [-0.2, -0.15) is 0 Å². The molecule has 0 spiro atoms. The molecule has 0 aliphatic rings. The highest BCUT2D eigenvalue weighted by atomic mass is 79.9. The normalized spacial score (nSPS) is 10.3. The Morgan fingerprint density at radius 1 is 1.21 bits per heavy atom. The summed E-state index contributed by atoms with van der Waals surface area (Å²) in [5.74, 6) is 0.585. The molecule has 0 aromatic heterocycles. The molecule has 2 aromatic carbocycles. The summed E-state index contributed by atoms with van der Waals surface area (Å²) in [5, 5.41) is 3.13. The number of rotatable bonds is 5. The van der Waals surface area contributed by atoms with E-state index in [1.165, 1.54) is 12.1 Å². The van der Waals surface area contributed by atoms with Crippen molar-refractivity contribution in [3.63, 3.8) is 0 Å². The van der Waals surface area contributed by atoms with Gasteiger partial charge in [0.15, 0.2) is 0 Å². The highest BCUT2D eigenvalue weighted by Gasteiger charge is 1.98. The first-order valence-electron chi connectivity index (χ1n) is 6.03. The average molecular weight is 324 g/mol. The second-order valence-electron chi connectivity index (χ2n) is 4.25. The van der Waals surface area contributed by atoms with Gasteiger partial charge in [-0.1, -0.05) is 22.0 Å². The van der Waals surface area contributed by atoms with Crippen molar-refractivity contribution in [3.8, 4) is 5.75 Å². The molecule has 100 valence electrons. The molecule has 0 atom stereocenters. The van der Waals surface area contributed by atoms with Crippen molar-refractivity contribution >= 4 is 21.6 Å². The van der Waals surface area contributed by atoms with Gasteiger partial charge in [0.2, 0.25) is 0 Å². The Bertz CT molecular complexity index is 539. The van der Waals surface area contributed by atoms with Gasteiger partial charge in [0.05, 0.1) is 0 Å². The number of hydrogen-bond acceptors (Lipinski definition) is 2. The molecular formula is C15H15BrFNO. The summed E-state index contributed by atoms with van der Waals surface area (Å²) in [4.78, 5) is 0. The number of hydrogen-bond donors (Lipinski definition) is 1. The Hall–Kier alpha value is -1.55. The first-order valence-corrected chi connectivity index (χ1v) is 6.82. The van der Waals surface area contributed by atoms with Crippen LogP contribution >= 0.6 is 15.9 Å². The lowest BCUT2D eigenvalue weighted by Crippen LogP contribution is -2.11. The monoisotopic (exact) mass is 323 g/mol. The fraction of sp³-hybridized carbons (Fsp3) is 0.200. The minimum absolute atomic E-state index is 0.226. The van der Waals surface area contributed by atoms with Crippen LogP contribution in [0, 0.1) is 12.7 Å². The Balaban J connectivity index is 1.80. The van der Waals surface area contributed by atoms with Crippen LogP contribution in [0.5, 0.6) is 5.75 Å². The van der Waals surface area contributed by atoms with Crippen LogP contribution in [0.15, 0.2) is 46.9 Å². The molecule has 0 aliphatic carbocycles. The number of benzene rings is 2. The van der Waals surface area contributed by atoms with E-state index in [1.54, 1.807) is 0 Å². The first-order chi connectivity index (χ1) is 9.13. The van der Waals surface area contributed by atoms with Crippen molar-refractivity contribution in [3.05, 3.63) is 58.3 Å². The van der Waals surface area contributed by atoms with E-state index in [0.717, 1.165) is 21.5 Å². The van der Waals surface area contributed by atoms with Crippen LogP contribution in [0.25, 0.3) is 0 Å². The van der Waals surface area contributed by atoms with E-state index in [4.69, 9.17) is 4.74 Å². The number of ether oxygens (including phenoxy) is 1. The standard InChI is InChI=1S/C15H15BrFNO/c1-11-7-13(17)10-14(8-11)18-5-6-19-15-4-2-3-12(16)9-15/h2-4,7-10,18H,5-6H2,1H3. The Morgan fingerprint density at radius 2 is 2.05 bits per heavy atom. The molecule has 0 aliphatic heterocycles. The van der Waals surface area contributed by atoms with Gasteiger partial charge in [0.25, 0.3) is 0 Å². The van der Waals surface area contributed by atoms with Gasteiger partial charge in [-0.05, 0) is 48.9 Å². The fourth-order valence-corrected chi connectivity index (χ4v) is 2.14. The van der Waals surface area contributed by atoms with Crippen molar-refractivity contribution in [1.82, 2.24) is 0 Å². The topological polar surface area (TPSA) is 21.3 Å². The summed E-state index contributed by atoms with van der Waals surface area (Å²) < 4.78 is 19.7. The zero-order chi connectivity index (χ0) is 13.7. The Kier molecular flexibility index (Phi) is 4.80. The summed E-state index contributed by atoms with van der Waals surface area (Å²) in [7, 11) is 0. The van der Waals surface area contributed by atoms with Gasteiger partial charge < -0.3 is 10.1 Å². The van der Waals surface area contributed by atoms with Gasteiger partial charge >= 0.3 is 0 Å². The molecule has 0 fully saturated rings. The van der Waals surface area contributed by atoms with Crippen LogP contribution in [0.1, 0.15) is 5.56 Å². The Morgan fingerprint density at radius 3 is 2.79 bits per heavy atom. The highest BCUT2D eigenvalue weighted by molar-refractivity contribution is 9.10. The van der Waals surface area contributed by atoms with Crippen LogP contribution in [-0.4, -0.2) is 13.2 Å². The van der Waals surface area contributed by atoms with Gasteiger partial charge in [-0.3, -0.25) is 0 Å². The number of anilines is 1. The molecule has 2 rings (SSSR count). The predicted molar refractivity (Wildman–Crippen MR) is 79.3 cm³/mol. The molecule has 0 bridgehead atoms. The quantitative estimate of drug-likeness (QED) is 0.824. The van der Waals surface area contributed by atoms with E-state index >= 15 is 0 Å². The molecule has 0 heterocycles. The number of nitrogens with one attached hydrogen (secondary N) is 1. The lowest BCUT2D eigenvalue weighted by atomic mass is 10.2. The second-order valence-corrected chi connectivity index (χ2v) is 5.17. The van der Waals surface area contributed by atoms with Crippen molar-refractivity contribution in [2.24, 2.45) is 0 Å². The van der Waals surface area contributed by atoms with E-state index in [0.29, 0.717) is 13.2 Å². The molecule has 2 aromatic rings. The van der Waals surface area contributed by atoms with Gasteiger partial charge in [0.1, 0.15) is 18.2 Å². The average Bonchev–Trinajstić information content (AvgIpc) is 2.34. The molecule has 2 nitrogen and oxygen atoms in total. The van der Waals surface area contributed by atoms with E-state index in [1.807, 2.05) is 37.3 Å². The van der Waals surface area contributed by atoms with Crippen molar-refractivity contribution in [2.75, 3.05) is 18.5 Å². The molecular weight excluding hydrogens is 309 g/mol. The van der Waals surface area contributed by atoms with Gasteiger partial charge in [-0.15, -0.1) is 0 Å². The van der Waals surface area contributed by atoms with Crippen molar-refractivity contribution in [2.45, 2.75) is 6.92 Å². The maximum absolute atomic E-state index is 13.2. The summed E-state index contributed by atoms with van der Waals surface area (Å²) in [5.41, 5.74) is 1.67. The molecule has 0 saturated heterocycles. The lowest BCUT2D eigenvalue weighted by molar-refractivity contribution is 0.332. The smallest absolute Gasteiger partial charge is 0.125 e. The third-order valence-electron chi connectivity index (χ3n) is 2.54. The van der Waals surface area contributed by atoms with Crippen LogP contribution in [-0.2, 0) is 0 Å². The molecule has 1 N–H and O–H groups in total. The van der Waals surface area contributed by atoms with E-state index < -0.39 is 0 Å². The SMILES string of the molecule is Cc1cc(F)cc(NCCOc2cccc(Br)c2)c1. The van der Waals surface area contributed by atoms with Crippen molar-refractivity contribution < 1.29 is 9.13 Å². The van der Waals surface area contributed by atoms with Crippen molar-refractivity contribution in [1.29, 1.82) is 0 Å². The third kappa shape index (κ3) is 4.56. The van der Waals surface area contributed by atoms with Crippen LogP contribution < -0.4 is 10.1 Å². The molecule has 0 unspecified atom stereocenters. The van der Waals surface area contributed by atoms with Crippen LogP contribution in [0.3, 0.4) is 0 Å². The third-order valence-corrected chi connectivity index (χ3v) is 3.03. The largest absolute Gasteiger partial charge is 0.492 e. The number of aryl methyl sites for hydroxylation is 1. The molecule has 4 heteroatoms. The number of halogens is 2. The molecule has 0 amide bonds. The maximum Gasteiger partial charge on any atom is 0.125 e. The van der Waals surface area contributed by atoms with Gasteiger partial charge in [0, 0.05) is 16.7 Å². The van der Waals surface area contributed by atoms with E-state index in [-0.39, 0.29) is 5.82 Å². The van der Waals surface area contributed by atoms with E-state index in [9.17, 15) is 4.39 Å². The highest BCUT2D eigenvalue weighted by Crippen LogP contribution is 2.17. The minimum atomic E-state index is -0.226. The second kappa shape index (κ2) is 6.57. The molecule has 19 heavy (non-hydrogen) atoms. The zero-order valence-corrected chi connectivity index (χ0v) is 12.2. The minimum Gasteiger partial charge on any atom is -0.492 e. The van der Waals surface area contributed by atoms with Crippen LogP contribution in [0.2, 0.25) is 0 Å². The molecule has 0 saturated carbocycles. The predicted octanol–water partition coefficient (Wildman–Crippen LogP) is 4.39. The molecule has 0 radical (unpaired) electrons. The fourth-order valence-electron chi connectivity index (χ4n) is 1.76. The zero-order valence-electron chi connectivity index (χ0n) is 10.6. The lowest BCUT2D eigenvalue weighted by Gasteiger charge is -2.09. The summed E-state index contributed by atoms with van der Waals surface area (Å²) in [6.07, 6.45) is 0. The maximum atomic E-state index is 13.2. The summed E-state index contributed by atoms with van der Waals surface area (Å²) in [6, 6.07) is 12.6. The summed E-state index contributed by atoms with van der Waals surface area (Å²) in [6.45, 7) is 3.01. The van der Waals surface area contributed by atoms with E-state index in [2.05, 4.69) is 21.2 Å². The van der Waals surface area contributed by atoms with Gasteiger partial charge in [-0.25, -0.2) is 4.39 Å². The first kappa shape index (κ1) is 13.9. The summed E-state index contributed by atoms with van der Waals surface area (Å²) >= 11 is 3.39. The van der Waals surface area contributed by atoms with Crippen LogP contribution in [0.4, 0.5) is 10.1 Å².